The van der Waals surface area contributed by atoms with Crippen molar-refractivity contribution in [2.45, 2.75) is 38.3 Å². The quantitative estimate of drug-likeness (QED) is 0.791. The van der Waals surface area contributed by atoms with E-state index in [1.54, 1.807) is 6.20 Å². The lowest BCUT2D eigenvalue weighted by molar-refractivity contribution is -0.140. The van der Waals surface area contributed by atoms with Crippen molar-refractivity contribution >= 4 is 5.91 Å². The van der Waals surface area contributed by atoms with Gasteiger partial charge in [-0.15, -0.1) is 0 Å². The minimum Gasteiger partial charge on any atom is -0.379 e. The average Bonchev–Trinajstić information content (AvgIpc) is 3.24. The third-order valence-corrected chi connectivity index (χ3v) is 5.91. The van der Waals surface area contributed by atoms with E-state index in [2.05, 4.69) is 26.4 Å². The summed E-state index contributed by atoms with van der Waals surface area (Å²) in [6.07, 6.45) is 9.43. The molecule has 0 N–H and O–H groups in total. The van der Waals surface area contributed by atoms with Gasteiger partial charge in [-0.1, -0.05) is 6.07 Å². The summed E-state index contributed by atoms with van der Waals surface area (Å²) in [5.41, 5.74) is 0.970. The minimum absolute atomic E-state index is 0.187. The molecule has 7 heteroatoms. The van der Waals surface area contributed by atoms with Crippen LogP contribution in [0.5, 0.6) is 0 Å². The molecule has 2 aromatic rings. The van der Waals surface area contributed by atoms with Crippen LogP contribution in [0.1, 0.15) is 43.1 Å². The number of carbonyl (C=O) groups is 1. The lowest BCUT2D eigenvalue weighted by Crippen LogP contribution is -2.49. The number of likely N-dealkylation sites (tertiary alicyclic amines) is 1. The van der Waals surface area contributed by atoms with Crippen LogP contribution in [-0.2, 0) is 16.1 Å². The second-order valence-corrected chi connectivity index (χ2v) is 7.51. The number of nitrogens with zero attached hydrogens (tertiary/aromatic N) is 5. The second kappa shape index (κ2) is 8.84. The zero-order valence-corrected chi connectivity index (χ0v) is 16.5. The molecule has 1 atom stereocenters. The Bertz CT molecular complexity index is 764. The number of hydrogen-bond donors (Lipinski definition) is 0. The molecule has 2 aliphatic heterocycles. The lowest BCUT2D eigenvalue weighted by Gasteiger charge is -2.39. The molecule has 2 aromatic heterocycles. The first-order valence-electron chi connectivity index (χ1n) is 10.3. The maximum Gasteiger partial charge on any atom is 0.244 e. The highest BCUT2D eigenvalue weighted by Crippen LogP contribution is 2.30. The molecule has 2 fully saturated rings. The molecule has 0 bridgehead atoms. The molecule has 150 valence electrons. The molecule has 0 aromatic carbocycles. The summed E-state index contributed by atoms with van der Waals surface area (Å²) in [4.78, 5) is 26.6. The normalized spacial score (nSPS) is 20.2. The molecular formula is C21H29N5O2. The van der Waals surface area contributed by atoms with E-state index in [1.807, 2.05) is 35.6 Å². The van der Waals surface area contributed by atoms with Crippen LogP contribution in [-0.4, -0.2) is 69.6 Å². The topological polar surface area (TPSA) is 63.5 Å². The number of amides is 1. The van der Waals surface area contributed by atoms with Crippen LogP contribution in [0, 0.1) is 0 Å². The standard InChI is InChI=1S/C21H29N5O2/c1-2-24-11-8-23-20(24)17-5-9-26(10-6-17)21(27)19(18-4-3-7-22-16-18)25-12-14-28-15-13-25/h3-4,7-8,11,16-17,19H,2,5-6,9-10,12-15H2,1H3. The number of morpholine rings is 1. The molecule has 0 spiro atoms. The highest BCUT2D eigenvalue weighted by molar-refractivity contribution is 5.83. The van der Waals surface area contributed by atoms with Crippen molar-refractivity contribution in [1.82, 2.24) is 24.3 Å². The van der Waals surface area contributed by atoms with Crippen molar-refractivity contribution in [3.05, 3.63) is 48.3 Å². The van der Waals surface area contributed by atoms with Crippen molar-refractivity contribution in [1.29, 1.82) is 0 Å². The highest BCUT2D eigenvalue weighted by atomic mass is 16.5. The van der Waals surface area contributed by atoms with Crippen LogP contribution in [0.25, 0.3) is 0 Å². The van der Waals surface area contributed by atoms with Gasteiger partial charge in [0.05, 0.1) is 13.2 Å². The number of carbonyl (C=O) groups excluding carboxylic acids is 1. The maximum atomic E-state index is 13.5. The third kappa shape index (κ3) is 3.95. The fraction of sp³-hybridized carbons (Fsp3) is 0.571. The van der Waals surface area contributed by atoms with E-state index < -0.39 is 0 Å². The van der Waals surface area contributed by atoms with E-state index in [1.165, 1.54) is 0 Å². The zero-order chi connectivity index (χ0) is 19.3. The molecular weight excluding hydrogens is 354 g/mol. The predicted octanol–water partition coefficient (Wildman–Crippen LogP) is 2.08. The van der Waals surface area contributed by atoms with E-state index in [9.17, 15) is 4.79 Å². The van der Waals surface area contributed by atoms with Crippen molar-refractivity contribution < 1.29 is 9.53 Å². The monoisotopic (exact) mass is 383 g/mol. The summed E-state index contributed by atoms with van der Waals surface area (Å²) in [7, 11) is 0. The van der Waals surface area contributed by atoms with Crippen molar-refractivity contribution in [3.63, 3.8) is 0 Å². The lowest BCUT2D eigenvalue weighted by atomic mass is 9.94. The van der Waals surface area contributed by atoms with Crippen LogP contribution in [0.2, 0.25) is 0 Å². The van der Waals surface area contributed by atoms with Gasteiger partial charge in [0.15, 0.2) is 0 Å². The molecule has 2 aliphatic rings. The Labute approximate surface area is 166 Å². The fourth-order valence-electron chi connectivity index (χ4n) is 4.36. The van der Waals surface area contributed by atoms with Gasteiger partial charge in [-0.25, -0.2) is 4.98 Å². The van der Waals surface area contributed by atoms with E-state index in [0.717, 1.165) is 57.0 Å². The Balaban J connectivity index is 1.47. The van der Waals surface area contributed by atoms with Gasteiger partial charge in [0.2, 0.25) is 5.91 Å². The molecule has 4 rings (SSSR count). The zero-order valence-electron chi connectivity index (χ0n) is 16.5. The molecule has 0 radical (unpaired) electrons. The Kier molecular flexibility index (Phi) is 6.02. The number of rotatable bonds is 5. The Morgan fingerprint density at radius 3 is 2.68 bits per heavy atom. The highest BCUT2D eigenvalue weighted by Gasteiger charge is 2.35. The number of ether oxygens (including phenoxy) is 1. The SMILES string of the molecule is CCn1ccnc1C1CCN(C(=O)C(c2cccnc2)N2CCOCC2)CC1. The fourth-order valence-corrected chi connectivity index (χ4v) is 4.36. The summed E-state index contributed by atoms with van der Waals surface area (Å²) in [5.74, 6) is 1.78. The Hall–Kier alpha value is -2.25. The number of aryl methyl sites for hydroxylation is 1. The van der Waals surface area contributed by atoms with E-state index in [4.69, 9.17) is 4.74 Å². The molecule has 2 saturated heterocycles. The van der Waals surface area contributed by atoms with Gasteiger partial charge in [0.25, 0.3) is 0 Å². The van der Waals surface area contributed by atoms with Gasteiger partial charge in [-0.2, -0.15) is 0 Å². The van der Waals surface area contributed by atoms with E-state index >= 15 is 0 Å². The first-order valence-corrected chi connectivity index (χ1v) is 10.3. The molecule has 28 heavy (non-hydrogen) atoms. The molecule has 1 unspecified atom stereocenters. The van der Waals surface area contributed by atoms with Crippen LogP contribution >= 0.6 is 0 Å². The smallest absolute Gasteiger partial charge is 0.244 e. The number of hydrogen-bond acceptors (Lipinski definition) is 5. The van der Waals surface area contributed by atoms with E-state index in [0.29, 0.717) is 19.1 Å². The number of aromatic nitrogens is 3. The van der Waals surface area contributed by atoms with Gasteiger partial charge in [0.1, 0.15) is 11.9 Å². The van der Waals surface area contributed by atoms with Crippen molar-refractivity contribution in [2.75, 3.05) is 39.4 Å². The van der Waals surface area contributed by atoms with Gasteiger partial charge in [-0.05, 0) is 31.4 Å². The summed E-state index contributed by atoms with van der Waals surface area (Å²) in [6, 6.07) is 3.65. The van der Waals surface area contributed by atoms with Crippen LogP contribution < -0.4 is 0 Å². The largest absolute Gasteiger partial charge is 0.379 e. The molecule has 0 aliphatic carbocycles. The van der Waals surface area contributed by atoms with Gasteiger partial charge in [-0.3, -0.25) is 14.7 Å². The number of imidazole rings is 1. The number of piperidine rings is 1. The van der Waals surface area contributed by atoms with Gasteiger partial charge < -0.3 is 14.2 Å². The second-order valence-electron chi connectivity index (χ2n) is 7.51. The van der Waals surface area contributed by atoms with Gasteiger partial charge in [0, 0.05) is 63.4 Å². The van der Waals surface area contributed by atoms with Crippen LogP contribution in [0.15, 0.2) is 36.9 Å². The first-order chi connectivity index (χ1) is 13.8. The summed E-state index contributed by atoms with van der Waals surface area (Å²) in [6.45, 7) is 7.53. The Morgan fingerprint density at radius 2 is 2.00 bits per heavy atom. The maximum absolute atomic E-state index is 13.5. The molecule has 4 heterocycles. The molecule has 7 nitrogen and oxygen atoms in total. The Morgan fingerprint density at radius 1 is 1.21 bits per heavy atom. The molecule has 0 saturated carbocycles. The summed E-state index contributed by atoms with van der Waals surface area (Å²) >= 11 is 0. The van der Waals surface area contributed by atoms with Crippen LogP contribution in [0.4, 0.5) is 0 Å². The summed E-state index contributed by atoms with van der Waals surface area (Å²) in [5, 5.41) is 0. The average molecular weight is 383 g/mol. The van der Waals surface area contributed by atoms with E-state index in [-0.39, 0.29) is 11.9 Å². The number of pyridine rings is 1. The first kappa shape index (κ1) is 19.1. The van der Waals surface area contributed by atoms with Crippen molar-refractivity contribution in [2.24, 2.45) is 0 Å². The van der Waals surface area contributed by atoms with Crippen LogP contribution in [0.3, 0.4) is 0 Å². The molecule has 1 amide bonds. The van der Waals surface area contributed by atoms with Crippen molar-refractivity contribution in [3.8, 4) is 0 Å². The third-order valence-electron chi connectivity index (χ3n) is 5.91. The summed E-state index contributed by atoms with van der Waals surface area (Å²) < 4.78 is 7.71. The van der Waals surface area contributed by atoms with Gasteiger partial charge >= 0.3 is 0 Å². The predicted molar refractivity (Wildman–Crippen MR) is 106 cm³/mol. The minimum atomic E-state index is -0.272.